The number of nitrogens with zero attached hydrogens (tertiary/aromatic N) is 2. The fraction of sp³-hybridized carbons (Fsp3) is 0.0870. The number of benzene rings is 2. The van der Waals surface area contributed by atoms with Crippen molar-refractivity contribution in [2.45, 2.75) is 16.3 Å². The summed E-state index contributed by atoms with van der Waals surface area (Å²) < 4.78 is 13.2. The molecule has 1 aromatic heterocycles. The van der Waals surface area contributed by atoms with Gasteiger partial charge < -0.3 is 5.32 Å². The van der Waals surface area contributed by atoms with Crippen molar-refractivity contribution < 1.29 is 9.00 Å². The van der Waals surface area contributed by atoms with Crippen LogP contribution >= 0.6 is 0 Å². The predicted octanol–water partition coefficient (Wildman–Crippen LogP) is 3.62. The van der Waals surface area contributed by atoms with Crippen molar-refractivity contribution >= 4 is 28.5 Å². The summed E-state index contributed by atoms with van der Waals surface area (Å²) in [6, 6.07) is 18.4. The summed E-state index contributed by atoms with van der Waals surface area (Å²) >= 11 is 0. The van der Waals surface area contributed by atoms with Gasteiger partial charge in [0.25, 0.3) is 5.91 Å². The number of hydrogen-bond donors (Lipinski definition) is 1. The molecule has 4 rings (SSSR count). The maximum absolute atomic E-state index is 13.2. The van der Waals surface area contributed by atoms with Crippen molar-refractivity contribution in [3.05, 3.63) is 95.3 Å². The van der Waals surface area contributed by atoms with Crippen molar-refractivity contribution in [3.63, 3.8) is 0 Å². The van der Waals surface area contributed by atoms with E-state index in [1.54, 1.807) is 37.5 Å². The van der Waals surface area contributed by atoms with Gasteiger partial charge in [-0.2, -0.15) is 0 Å². The largest absolute Gasteiger partial charge is 0.355 e. The van der Waals surface area contributed by atoms with Crippen LogP contribution in [0.5, 0.6) is 0 Å². The number of allylic oxidation sites excluding steroid dienone is 1. The zero-order chi connectivity index (χ0) is 20.2. The van der Waals surface area contributed by atoms with E-state index in [1.165, 1.54) is 0 Å². The molecule has 0 aliphatic carbocycles. The van der Waals surface area contributed by atoms with Crippen LogP contribution in [0.1, 0.15) is 27.2 Å². The second-order valence-corrected chi connectivity index (χ2v) is 7.90. The molecule has 3 aromatic rings. The summed E-state index contributed by atoms with van der Waals surface area (Å²) in [7, 11) is 0.107. The molecule has 2 aromatic carbocycles. The van der Waals surface area contributed by atoms with Crippen LogP contribution < -0.4 is 5.32 Å². The second-order valence-electron chi connectivity index (χ2n) is 6.45. The molecular formula is C23H19N3O2S. The van der Waals surface area contributed by atoms with Gasteiger partial charge in [0, 0.05) is 23.7 Å². The van der Waals surface area contributed by atoms with E-state index in [9.17, 15) is 9.00 Å². The third kappa shape index (κ3) is 3.93. The zero-order valence-corrected chi connectivity index (χ0v) is 16.6. The number of fused-ring (bicyclic) bond motifs is 1. The lowest BCUT2D eigenvalue weighted by atomic mass is 10.1. The number of carbonyl (C=O) groups excluding carboxylic acids is 1. The highest BCUT2D eigenvalue weighted by Gasteiger charge is 2.19. The monoisotopic (exact) mass is 401 g/mol. The lowest BCUT2D eigenvalue weighted by molar-refractivity contribution is 0.0960. The molecule has 0 spiro atoms. The van der Waals surface area contributed by atoms with Crippen LogP contribution in [0.3, 0.4) is 0 Å². The lowest BCUT2D eigenvalue weighted by Gasteiger charge is -2.09. The molecule has 0 bridgehead atoms. The van der Waals surface area contributed by atoms with Crippen LogP contribution in [0.4, 0.5) is 0 Å². The summed E-state index contributed by atoms with van der Waals surface area (Å²) in [5.74, 6) is -0.250. The molecule has 1 aliphatic rings. The molecule has 1 aliphatic heterocycles. The van der Waals surface area contributed by atoms with E-state index in [1.807, 2.05) is 48.6 Å². The summed E-state index contributed by atoms with van der Waals surface area (Å²) in [4.78, 5) is 22.1. The van der Waals surface area contributed by atoms with E-state index in [2.05, 4.69) is 15.3 Å². The fourth-order valence-corrected chi connectivity index (χ4v) is 4.44. The van der Waals surface area contributed by atoms with Gasteiger partial charge in [-0.3, -0.25) is 14.8 Å². The number of carbonyl (C=O) groups is 1. The Bertz CT molecular complexity index is 1150. The maximum atomic E-state index is 13.2. The number of pyridine rings is 1. The van der Waals surface area contributed by atoms with Gasteiger partial charge in [-0.25, -0.2) is 4.21 Å². The number of aliphatic imine (C=N–C) groups is 1. The number of hydrogen-bond acceptors (Lipinski definition) is 4. The van der Waals surface area contributed by atoms with E-state index in [0.717, 1.165) is 22.5 Å². The molecule has 1 amide bonds. The van der Waals surface area contributed by atoms with Gasteiger partial charge in [-0.1, -0.05) is 24.3 Å². The van der Waals surface area contributed by atoms with Gasteiger partial charge >= 0.3 is 0 Å². The van der Waals surface area contributed by atoms with Crippen molar-refractivity contribution in [1.29, 1.82) is 0 Å². The van der Waals surface area contributed by atoms with Crippen LogP contribution in [0.15, 0.2) is 87.7 Å². The van der Waals surface area contributed by atoms with Crippen molar-refractivity contribution in [2.75, 3.05) is 7.05 Å². The molecule has 5 nitrogen and oxygen atoms in total. The van der Waals surface area contributed by atoms with Crippen molar-refractivity contribution in [2.24, 2.45) is 4.99 Å². The number of rotatable bonds is 5. The minimum absolute atomic E-state index is 0.250. The first-order chi connectivity index (χ1) is 14.2. The first-order valence-corrected chi connectivity index (χ1v) is 10.3. The van der Waals surface area contributed by atoms with Gasteiger partial charge in [-0.15, -0.1) is 0 Å². The summed E-state index contributed by atoms with van der Waals surface area (Å²) in [5, 5.41) is 2.60. The number of amides is 1. The number of aromatic nitrogens is 1. The highest BCUT2D eigenvalue weighted by molar-refractivity contribution is 7.85. The van der Waals surface area contributed by atoms with Crippen LogP contribution in [-0.4, -0.2) is 27.9 Å². The van der Waals surface area contributed by atoms with Crippen LogP contribution in [-0.2, 0) is 17.3 Å². The summed E-state index contributed by atoms with van der Waals surface area (Å²) in [6.07, 6.45) is 5.63. The SMILES string of the molecule is CNC(=O)c1ccccc1S(=O)c1ccc2c(c1)CN=C2/C=C/c1ccccn1. The normalized spacial score (nSPS) is 13.8. The van der Waals surface area contributed by atoms with Gasteiger partial charge in [0.2, 0.25) is 0 Å². The van der Waals surface area contributed by atoms with Crippen molar-refractivity contribution in [1.82, 2.24) is 10.3 Å². The van der Waals surface area contributed by atoms with Gasteiger partial charge in [0.1, 0.15) is 0 Å². The smallest absolute Gasteiger partial charge is 0.252 e. The predicted molar refractivity (Wildman–Crippen MR) is 114 cm³/mol. The fourth-order valence-electron chi connectivity index (χ4n) is 3.18. The van der Waals surface area contributed by atoms with E-state index < -0.39 is 10.8 Å². The molecule has 2 heterocycles. The molecular weight excluding hydrogens is 382 g/mol. The molecule has 1 atom stereocenters. The molecule has 144 valence electrons. The first-order valence-electron chi connectivity index (χ1n) is 9.17. The Morgan fingerprint density at radius 3 is 2.69 bits per heavy atom. The Kier molecular flexibility index (Phi) is 5.44. The Morgan fingerprint density at radius 1 is 1.07 bits per heavy atom. The molecule has 0 saturated carbocycles. The topological polar surface area (TPSA) is 71.4 Å². The highest BCUT2D eigenvalue weighted by Crippen LogP contribution is 2.26. The molecule has 0 radical (unpaired) electrons. The van der Waals surface area contributed by atoms with Crippen LogP contribution in [0.2, 0.25) is 0 Å². The minimum atomic E-state index is -1.46. The Balaban J connectivity index is 1.60. The summed E-state index contributed by atoms with van der Waals surface area (Å²) in [6.45, 7) is 0.541. The van der Waals surface area contributed by atoms with Gasteiger partial charge in [0.15, 0.2) is 0 Å². The standard InChI is InChI=1S/C23H19N3O2S/c1-24-23(27)20-7-2-3-8-22(20)29(28)18-10-11-19-16(14-18)15-26-21(19)12-9-17-6-4-5-13-25-17/h2-14H,15H2,1H3,(H,24,27)/b12-9+. The number of nitrogens with one attached hydrogen (secondary N) is 1. The van der Waals surface area contributed by atoms with Crippen molar-refractivity contribution in [3.8, 4) is 0 Å². The molecule has 29 heavy (non-hydrogen) atoms. The van der Waals surface area contributed by atoms with Crippen LogP contribution in [0.25, 0.3) is 6.08 Å². The molecule has 1 unspecified atom stereocenters. The molecule has 0 saturated heterocycles. The maximum Gasteiger partial charge on any atom is 0.252 e. The van der Waals surface area contributed by atoms with Gasteiger partial charge in [0.05, 0.1) is 39.2 Å². The Hall–Kier alpha value is -3.38. The average molecular weight is 401 g/mol. The third-order valence-electron chi connectivity index (χ3n) is 4.64. The zero-order valence-electron chi connectivity index (χ0n) is 15.8. The van der Waals surface area contributed by atoms with E-state index in [-0.39, 0.29) is 5.91 Å². The third-order valence-corrected chi connectivity index (χ3v) is 6.08. The Labute approximate surface area is 171 Å². The molecule has 6 heteroatoms. The lowest BCUT2D eigenvalue weighted by Crippen LogP contribution is -2.19. The average Bonchev–Trinajstić information content (AvgIpc) is 3.19. The highest BCUT2D eigenvalue weighted by atomic mass is 32.2. The molecule has 1 N–H and O–H groups in total. The summed E-state index contributed by atoms with van der Waals surface area (Å²) in [5.41, 5.74) is 4.22. The van der Waals surface area contributed by atoms with E-state index in [4.69, 9.17) is 0 Å². The van der Waals surface area contributed by atoms with E-state index in [0.29, 0.717) is 21.9 Å². The Morgan fingerprint density at radius 2 is 1.90 bits per heavy atom. The van der Waals surface area contributed by atoms with Gasteiger partial charge in [-0.05, 0) is 54.1 Å². The second kappa shape index (κ2) is 8.32. The molecule has 0 fully saturated rings. The van der Waals surface area contributed by atoms with Crippen LogP contribution in [0, 0.1) is 0 Å². The first kappa shape index (κ1) is 19.0. The quantitative estimate of drug-likeness (QED) is 0.710. The minimum Gasteiger partial charge on any atom is -0.355 e. The van der Waals surface area contributed by atoms with E-state index >= 15 is 0 Å².